The summed E-state index contributed by atoms with van der Waals surface area (Å²) in [5.41, 5.74) is 7.31. The number of aryl methyl sites for hydroxylation is 1. The Morgan fingerprint density at radius 2 is 2.25 bits per heavy atom. The first-order valence-corrected chi connectivity index (χ1v) is 5.27. The van der Waals surface area contributed by atoms with Crippen LogP contribution in [0.15, 0.2) is 18.2 Å². The van der Waals surface area contributed by atoms with Crippen molar-refractivity contribution in [1.82, 2.24) is 5.32 Å². The van der Waals surface area contributed by atoms with Gasteiger partial charge in [0.2, 0.25) is 5.91 Å². The lowest BCUT2D eigenvalue weighted by Crippen LogP contribution is -2.30. The zero-order valence-electron chi connectivity index (χ0n) is 9.75. The molecule has 0 aliphatic rings. The number of hydrogen-bond acceptors (Lipinski definition) is 3. The van der Waals surface area contributed by atoms with Crippen LogP contribution in [0.25, 0.3) is 0 Å². The first kappa shape index (κ1) is 12.5. The molecule has 4 heteroatoms. The second kappa shape index (κ2) is 6.12. The molecule has 1 amide bonds. The Labute approximate surface area is 95.8 Å². The molecule has 0 unspecified atom stereocenters. The van der Waals surface area contributed by atoms with Gasteiger partial charge in [-0.05, 0) is 24.1 Å². The topological polar surface area (TPSA) is 64.3 Å². The molecule has 4 nitrogen and oxygen atoms in total. The van der Waals surface area contributed by atoms with Gasteiger partial charge in [0.1, 0.15) is 5.75 Å². The number of carbonyl (C=O) groups is 1. The van der Waals surface area contributed by atoms with E-state index in [0.717, 1.165) is 16.9 Å². The van der Waals surface area contributed by atoms with Gasteiger partial charge in [0, 0.05) is 13.1 Å². The molecule has 0 saturated heterocycles. The third-order valence-electron chi connectivity index (χ3n) is 2.29. The minimum atomic E-state index is -0.00461. The minimum Gasteiger partial charge on any atom is -0.496 e. The molecule has 1 rings (SSSR count). The van der Waals surface area contributed by atoms with Gasteiger partial charge >= 0.3 is 0 Å². The Kier molecular flexibility index (Phi) is 4.79. The standard InChI is InChI=1S/C12H18N2O2/c1-9-7-10(3-4-11(9)16-2)8-12(15)14-6-5-13/h3-4,7H,5-6,8,13H2,1-2H3,(H,14,15). The highest BCUT2D eigenvalue weighted by molar-refractivity contribution is 5.78. The maximum Gasteiger partial charge on any atom is 0.224 e. The number of carbonyl (C=O) groups excluding carboxylic acids is 1. The molecule has 0 aromatic heterocycles. The number of benzene rings is 1. The van der Waals surface area contributed by atoms with Crippen molar-refractivity contribution in [1.29, 1.82) is 0 Å². The van der Waals surface area contributed by atoms with E-state index in [9.17, 15) is 4.79 Å². The molecule has 16 heavy (non-hydrogen) atoms. The second-order valence-corrected chi connectivity index (χ2v) is 3.62. The summed E-state index contributed by atoms with van der Waals surface area (Å²) < 4.78 is 5.15. The number of amides is 1. The number of hydrogen-bond donors (Lipinski definition) is 2. The van der Waals surface area contributed by atoms with Gasteiger partial charge in [0.15, 0.2) is 0 Å². The molecule has 0 aliphatic heterocycles. The van der Waals surface area contributed by atoms with Crippen LogP contribution in [-0.4, -0.2) is 26.1 Å². The number of nitrogens with two attached hydrogens (primary N) is 1. The maximum atomic E-state index is 11.4. The molecular formula is C12H18N2O2. The van der Waals surface area contributed by atoms with Crippen LogP contribution in [0.2, 0.25) is 0 Å². The third kappa shape index (κ3) is 3.55. The summed E-state index contributed by atoms with van der Waals surface area (Å²) in [6.45, 7) is 2.95. The summed E-state index contributed by atoms with van der Waals surface area (Å²) in [5.74, 6) is 0.834. The monoisotopic (exact) mass is 222 g/mol. The zero-order chi connectivity index (χ0) is 12.0. The van der Waals surface area contributed by atoms with E-state index in [0.29, 0.717) is 19.5 Å². The lowest BCUT2D eigenvalue weighted by atomic mass is 10.1. The van der Waals surface area contributed by atoms with Gasteiger partial charge in [-0.15, -0.1) is 0 Å². The quantitative estimate of drug-likeness (QED) is 0.767. The third-order valence-corrected chi connectivity index (χ3v) is 2.29. The van der Waals surface area contributed by atoms with Crippen LogP contribution >= 0.6 is 0 Å². The predicted molar refractivity (Wildman–Crippen MR) is 63.5 cm³/mol. The van der Waals surface area contributed by atoms with Crippen LogP contribution < -0.4 is 15.8 Å². The molecule has 1 aromatic rings. The highest BCUT2D eigenvalue weighted by Gasteiger charge is 2.04. The van der Waals surface area contributed by atoms with Gasteiger partial charge in [0.05, 0.1) is 13.5 Å². The van der Waals surface area contributed by atoms with E-state index >= 15 is 0 Å². The van der Waals surface area contributed by atoms with E-state index in [1.165, 1.54) is 0 Å². The Morgan fingerprint density at radius 3 is 2.81 bits per heavy atom. The number of ether oxygens (including phenoxy) is 1. The maximum absolute atomic E-state index is 11.4. The fourth-order valence-electron chi connectivity index (χ4n) is 1.51. The summed E-state index contributed by atoms with van der Waals surface area (Å²) in [6, 6.07) is 5.73. The van der Waals surface area contributed by atoms with Crippen molar-refractivity contribution in [2.75, 3.05) is 20.2 Å². The summed E-state index contributed by atoms with van der Waals surface area (Å²) in [4.78, 5) is 11.4. The van der Waals surface area contributed by atoms with Crippen LogP contribution in [0.1, 0.15) is 11.1 Å². The van der Waals surface area contributed by atoms with Crippen molar-refractivity contribution >= 4 is 5.91 Å². The molecule has 0 heterocycles. The fraction of sp³-hybridized carbons (Fsp3) is 0.417. The van der Waals surface area contributed by atoms with Crippen molar-refractivity contribution < 1.29 is 9.53 Å². The van der Waals surface area contributed by atoms with Gasteiger partial charge in [-0.3, -0.25) is 4.79 Å². The molecule has 3 N–H and O–H groups in total. The highest BCUT2D eigenvalue weighted by atomic mass is 16.5. The molecule has 0 aliphatic carbocycles. The SMILES string of the molecule is COc1ccc(CC(=O)NCCN)cc1C. The van der Waals surface area contributed by atoms with Gasteiger partial charge < -0.3 is 15.8 Å². The lowest BCUT2D eigenvalue weighted by molar-refractivity contribution is -0.120. The smallest absolute Gasteiger partial charge is 0.224 e. The van der Waals surface area contributed by atoms with E-state index in [4.69, 9.17) is 10.5 Å². The Bertz CT molecular complexity index is 364. The minimum absolute atomic E-state index is 0.00461. The summed E-state index contributed by atoms with van der Waals surface area (Å²) in [6.07, 6.45) is 0.380. The molecule has 88 valence electrons. The summed E-state index contributed by atoms with van der Waals surface area (Å²) >= 11 is 0. The average Bonchev–Trinajstić information content (AvgIpc) is 2.26. The predicted octanol–water partition coefficient (Wildman–Crippen LogP) is 0.621. The van der Waals surface area contributed by atoms with Crippen molar-refractivity contribution in [3.8, 4) is 5.75 Å². The van der Waals surface area contributed by atoms with Crippen LogP contribution in [0.5, 0.6) is 5.75 Å². The van der Waals surface area contributed by atoms with Crippen molar-refractivity contribution in [3.63, 3.8) is 0 Å². The molecule has 0 fully saturated rings. The van der Waals surface area contributed by atoms with Crippen LogP contribution in [0, 0.1) is 6.92 Å². The first-order valence-electron chi connectivity index (χ1n) is 5.27. The highest BCUT2D eigenvalue weighted by Crippen LogP contribution is 2.18. The molecular weight excluding hydrogens is 204 g/mol. The first-order chi connectivity index (χ1) is 7.67. The molecule has 0 radical (unpaired) electrons. The molecule has 0 saturated carbocycles. The van der Waals surface area contributed by atoms with Crippen molar-refractivity contribution in [2.24, 2.45) is 5.73 Å². The summed E-state index contributed by atoms with van der Waals surface area (Å²) in [5, 5.41) is 2.73. The molecule has 0 atom stereocenters. The van der Waals surface area contributed by atoms with Gasteiger partial charge in [-0.2, -0.15) is 0 Å². The van der Waals surface area contributed by atoms with Gasteiger partial charge in [-0.25, -0.2) is 0 Å². The van der Waals surface area contributed by atoms with Crippen molar-refractivity contribution in [2.45, 2.75) is 13.3 Å². The van der Waals surface area contributed by atoms with Crippen LogP contribution in [0.4, 0.5) is 0 Å². The Hall–Kier alpha value is -1.55. The van der Waals surface area contributed by atoms with Crippen LogP contribution in [-0.2, 0) is 11.2 Å². The normalized spacial score (nSPS) is 9.94. The number of methoxy groups -OCH3 is 1. The second-order valence-electron chi connectivity index (χ2n) is 3.62. The molecule has 1 aromatic carbocycles. The van der Waals surface area contributed by atoms with Crippen LogP contribution in [0.3, 0.4) is 0 Å². The number of rotatable bonds is 5. The lowest BCUT2D eigenvalue weighted by Gasteiger charge is -2.07. The van der Waals surface area contributed by atoms with Gasteiger partial charge in [0.25, 0.3) is 0 Å². The van der Waals surface area contributed by atoms with E-state index in [-0.39, 0.29) is 5.91 Å². The van der Waals surface area contributed by atoms with Gasteiger partial charge in [-0.1, -0.05) is 12.1 Å². The van der Waals surface area contributed by atoms with Crippen molar-refractivity contribution in [3.05, 3.63) is 29.3 Å². The average molecular weight is 222 g/mol. The molecule has 0 spiro atoms. The number of nitrogens with one attached hydrogen (secondary N) is 1. The van der Waals surface area contributed by atoms with E-state index in [1.807, 2.05) is 25.1 Å². The molecule has 0 bridgehead atoms. The fourth-order valence-corrected chi connectivity index (χ4v) is 1.51. The Morgan fingerprint density at radius 1 is 1.50 bits per heavy atom. The largest absolute Gasteiger partial charge is 0.496 e. The van der Waals surface area contributed by atoms with E-state index in [2.05, 4.69) is 5.32 Å². The van der Waals surface area contributed by atoms with E-state index < -0.39 is 0 Å². The Balaban J connectivity index is 2.61. The zero-order valence-corrected chi connectivity index (χ0v) is 9.75. The summed E-state index contributed by atoms with van der Waals surface area (Å²) in [7, 11) is 1.63. The van der Waals surface area contributed by atoms with E-state index in [1.54, 1.807) is 7.11 Å².